The highest BCUT2D eigenvalue weighted by molar-refractivity contribution is 6.74. The van der Waals surface area contributed by atoms with Gasteiger partial charge in [-0.05, 0) is 31.0 Å². The molecule has 0 spiro atoms. The van der Waals surface area contributed by atoms with Crippen LogP contribution < -0.4 is 0 Å². The van der Waals surface area contributed by atoms with E-state index in [0.29, 0.717) is 6.42 Å². The second-order valence-corrected chi connectivity index (χ2v) is 10.8. The van der Waals surface area contributed by atoms with Crippen LogP contribution in [0.5, 0.6) is 0 Å². The molecule has 0 amide bonds. The predicted octanol–water partition coefficient (Wildman–Crippen LogP) is 3.89. The fourth-order valence-electron chi connectivity index (χ4n) is 1.23. The van der Waals surface area contributed by atoms with Crippen LogP contribution in [0.25, 0.3) is 0 Å². The van der Waals surface area contributed by atoms with E-state index in [-0.39, 0.29) is 11.1 Å². The lowest BCUT2D eigenvalue weighted by Gasteiger charge is -2.38. The molecule has 0 aliphatic rings. The highest BCUT2D eigenvalue weighted by atomic mass is 28.4. The van der Waals surface area contributed by atoms with Gasteiger partial charge in [-0.25, -0.2) is 0 Å². The van der Waals surface area contributed by atoms with Crippen LogP contribution in [0.15, 0.2) is 25.3 Å². The highest BCUT2D eigenvalue weighted by Crippen LogP contribution is 2.37. The Morgan fingerprint density at radius 3 is 2.06 bits per heavy atom. The summed E-state index contributed by atoms with van der Waals surface area (Å²) in [4.78, 5) is 0. The third-order valence-electron chi connectivity index (χ3n) is 3.53. The Balaban J connectivity index is 4.40. The lowest BCUT2D eigenvalue weighted by atomic mass is 10.1. The molecule has 0 radical (unpaired) electrons. The van der Waals surface area contributed by atoms with E-state index in [4.69, 9.17) is 4.43 Å². The minimum Gasteiger partial charge on any atom is -0.411 e. The van der Waals surface area contributed by atoms with E-state index < -0.39 is 14.4 Å². The summed E-state index contributed by atoms with van der Waals surface area (Å²) in [5.74, 6) is 0. The lowest BCUT2D eigenvalue weighted by Crippen LogP contribution is -2.43. The molecular formula is C14H28O2Si. The van der Waals surface area contributed by atoms with Gasteiger partial charge >= 0.3 is 0 Å². The Kier molecular flexibility index (Phi) is 6.38. The number of hydrogen-bond donors (Lipinski definition) is 1. The molecule has 0 aliphatic heterocycles. The zero-order valence-electron chi connectivity index (χ0n) is 12.0. The quantitative estimate of drug-likeness (QED) is 0.553. The molecule has 1 unspecified atom stereocenters. The second-order valence-electron chi connectivity index (χ2n) is 6.03. The first-order valence-corrected chi connectivity index (χ1v) is 9.16. The fraction of sp³-hybridized carbons (Fsp3) is 0.714. The molecule has 17 heavy (non-hydrogen) atoms. The van der Waals surface area contributed by atoms with Crippen molar-refractivity contribution in [3.8, 4) is 0 Å². The molecule has 2 nitrogen and oxygen atoms in total. The molecule has 0 saturated carbocycles. The van der Waals surface area contributed by atoms with Crippen molar-refractivity contribution >= 4 is 8.32 Å². The van der Waals surface area contributed by atoms with Gasteiger partial charge in [0.15, 0.2) is 8.32 Å². The van der Waals surface area contributed by atoms with Gasteiger partial charge in [-0.2, -0.15) is 0 Å². The summed E-state index contributed by atoms with van der Waals surface area (Å²) in [6.45, 7) is 18.5. The Hall–Kier alpha value is -0.383. The first-order chi connectivity index (χ1) is 7.64. The minimum atomic E-state index is -1.75. The molecule has 0 rings (SSSR count). The van der Waals surface area contributed by atoms with Crippen LogP contribution in [0.1, 0.15) is 33.6 Å². The van der Waals surface area contributed by atoms with Gasteiger partial charge in [-0.1, -0.05) is 32.9 Å². The molecule has 0 aromatic rings. The van der Waals surface area contributed by atoms with Crippen molar-refractivity contribution in [2.24, 2.45) is 0 Å². The highest BCUT2D eigenvalue weighted by Gasteiger charge is 2.38. The molecule has 0 saturated heterocycles. The zero-order chi connectivity index (χ0) is 13.7. The summed E-state index contributed by atoms with van der Waals surface area (Å²) in [6.07, 6.45) is 4.46. The monoisotopic (exact) mass is 256 g/mol. The fourth-order valence-corrected chi connectivity index (χ4v) is 2.56. The standard InChI is InChI=1S/C14H28O2Si/c1-8-12(15)10-11-13(9-2)16-17(6,7)14(3,4)5/h8-9,12-13,15H,1-2,10-11H2,3-7H3/t12-,13?/m1/s1. The molecule has 2 atom stereocenters. The topological polar surface area (TPSA) is 29.5 Å². The molecule has 0 aromatic heterocycles. The summed E-state index contributed by atoms with van der Waals surface area (Å²) in [6, 6.07) is 0. The molecular weight excluding hydrogens is 228 g/mol. The van der Waals surface area contributed by atoms with E-state index in [1.807, 2.05) is 6.08 Å². The van der Waals surface area contributed by atoms with Crippen molar-refractivity contribution in [1.82, 2.24) is 0 Å². The Bertz CT molecular complexity index is 253. The van der Waals surface area contributed by atoms with Gasteiger partial charge in [0.2, 0.25) is 0 Å². The first kappa shape index (κ1) is 16.6. The molecule has 0 bridgehead atoms. The van der Waals surface area contributed by atoms with Gasteiger partial charge in [0.05, 0.1) is 12.2 Å². The molecule has 0 heterocycles. The van der Waals surface area contributed by atoms with Gasteiger partial charge < -0.3 is 9.53 Å². The Labute approximate surface area is 108 Å². The molecule has 0 fully saturated rings. The molecule has 3 heteroatoms. The van der Waals surface area contributed by atoms with Gasteiger partial charge in [0.25, 0.3) is 0 Å². The maximum Gasteiger partial charge on any atom is 0.192 e. The largest absolute Gasteiger partial charge is 0.411 e. The van der Waals surface area contributed by atoms with Crippen molar-refractivity contribution in [2.45, 2.75) is 64.0 Å². The maximum atomic E-state index is 9.46. The van der Waals surface area contributed by atoms with Crippen LogP contribution in [0.2, 0.25) is 18.1 Å². The first-order valence-electron chi connectivity index (χ1n) is 6.25. The Morgan fingerprint density at radius 1 is 1.18 bits per heavy atom. The number of aliphatic hydroxyl groups excluding tert-OH is 1. The summed E-state index contributed by atoms with van der Waals surface area (Å²) in [7, 11) is -1.75. The van der Waals surface area contributed by atoms with E-state index in [1.165, 1.54) is 0 Å². The average molecular weight is 256 g/mol. The molecule has 100 valence electrons. The van der Waals surface area contributed by atoms with Gasteiger partial charge in [0, 0.05) is 0 Å². The van der Waals surface area contributed by atoms with Crippen molar-refractivity contribution < 1.29 is 9.53 Å². The molecule has 0 aromatic carbocycles. The van der Waals surface area contributed by atoms with E-state index in [2.05, 4.69) is 47.0 Å². The number of hydrogen-bond acceptors (Lipinski definition) is 2. The van der Waals surface area contributed by atoms with Crippen molar-refractivity contribution in [1.29, 1.82) is 0 Å². The smallest absolute Gasteiger partial charge is 0.192 e. The van der Waals surface area contributed by atoms with Crippen LogP contribution in [0.3, 0.4) is 0 Å². The van der Waals surface area contributed by atoms with Crippen LogP contribution in [0, 0.1) is 0 Å². The van der Waals surface area contributed by atoms with Crippen LogP contribution in [-0.4, -0.2) is 25.6 Å². The van der Waals surface area contributed by atoms with Gasteiger partial charge in [-0.15, -0.1) is 13.2 Å². The third-order valence-corrected chi connectivity index (χ3v) is 8.04. The number of rotatable bonds is 7. The third kappa shape index (κ3) is 5.66. The summed E-state index contributed by atoms with van der Waals surface area (Å²) in [5.41, 5.74) is 0. The predicted molar refractivity (Wildman–Crippen MR) is 77.7 cm³/mol. The summed E-state index contributed by atoms with van der Waals surface area (Å²) >= 11 is 0. The second kappa shape index (κ2) is 6.52. The van der Waals surface area contributed by atoms with E-state index in [9.17, 15) is 5.11 Å². The van der Waals surface area contributed by atoms with Crippen molar-refractivity contribution in [2.75, 3.05) is 0 Å². The van der Waals surface area contributed by atoms with Crippen LogP contribution >= 0.6 is 0 Å². The minimum absolute atomic E-state index is 0.0329. The van der Waals surface area contributed by atoms with Crippen LogP contribution in [0.4, 0.5) is 0 Å². The summed E-state index contributed by atoms with van der Waals surface area (Å²) in [5, 5.41) is 9.66. The van der Waals surface area contributed by atoms with E-state index in [0.717, 1.165) is 6.42 Å². The van der Waals surface area contributed by atoms with Crippen LogP contribution in [-0.2, 0) is 4.43 Å². The molecule has 1 N–H and O–H groups in total. The van der Waals surface area contributed by atoms with Gasteiger partial charge in [-0.3, -0.25) is 0 Å². The van der Waals surface area contributed by atoms with Crippen molar-refractivity contribution in [3.63, 3.8) is 0 Å². The number of aliphatic hydroxyl groups is 1. The van der Waals surface area contributed by atoms with E-state index in [1.54, 1.807) is 6.08 Å². The average Bonchev–Trinajstić information content (AvgIpc) is 2.21. The maximum absolute atomic E-state index is 9.46. The summed E-state index contributed by atoms with van der Waals surface area (Å²) < 4.78 is 6.22. The molecule has 0 aliphatic carbocycles. The van der Waals surface area contributed by atoms with E-state index >= 15 is 0 Å². The SMILES string of the molecule is C=CC(CC[C@H](O)C=C)O[Si](C)(C)C(C)(C)C. The Morgan fingerprint density at radius 2 is 1.71 bits per heavy atom. The van der Waals surface area contributed by atoms with Gasteiger partial charge in [0.1, 0.15) is 0 Å². The normalized spacial score (nSPS) is 16.4. The lowest BCUT2D eigenvalue weighted by molar-refractivity contribution is 0.166. The van der Waals surface area contributed by atoms with Crippen molar-refractivity contribution in [3.05, 3.63) is 25.3 Å². The zero-order valence-corrected chi connectivity index (χ0v) is 13.0.